The Morgan fingerprint density at radius 1 is 1.56 bits per heavy atom. The molecule has 2 rings (SSSR count). The first-order chi connectivity index (χ1) is 8.61. The van der Waals surface area contributed by atoms with Crippen LogP contribution in [-0.4, -0.2) is 34.9 Å². The Morgan fingerprint density at radius 3 is 3.06 bits per heavy atom. The zero-order valence-corrected chi connectivity index (χ0v) is 11.8. The standard InChI is InChI=1S/C14H20N2OS/c1-3-11-9-16(6-7-18-11)14(17)12-8-10(2)4-5-13(12)15/h4-5,8,11H,3,6-7,9,15H2,1-2H3. The molecule has 1 aromatic rings. The van der Waals surface area contributed by atoms with Crippen LogP contribution in [0.5, 0.6) is 0 Å². The minimum absolute atomic E-state index is 0.0787. The highest BCUT2D eigenvalue weighted by Crippen LogP contribution is 2.24. The summed E-state index contributed by atoms with van der Waals surface area (Å²) in [5.41, 5.74) is 8.22. The van der Waals surface area contributed by atoms with Gasteiger partial charge in [0.05, 0.1) is 5.56 Å². The zero-order valence-electron chi connectivity index (χ0n) is 11.0. The first-order valence-electron chi connectivity index (χ1n) is 6.38. The van der Waals surface area contributed by atoms with Gasteiger partial charge in [-0.2, -0.15) is 11.8 Å². The van der Waals surface area contributed by atoms with Crippen LogP contribution >= 0.6 is 11.8 Å². The molecule has 3 nitrogen and oxygen atoms in total. The van der Waals surface area contributed by atoms with E-state index in [-0.39, 0.29) is 5.91 Å². The Bertz CT molecular complexity index is 447. The molecule has 1 aliphatic heterocycles. The van der Waals surface area contributed by atoms with E-state index in [9.17, 15) is 4.79 Å². The third-order valence-electron chi connectivity index (χ3n) is 3.32. The van der Waals surface area contributed by atoms with Crippen molar-refractivity contribution in [2.75, 3.05) is 24.6 Å². The number of rotatable bonds is 2. The Kier molecular flexibility index (Phi) is 4.17. The molecule has 0 aromatic heterocycles. The number of aryl methyl sites for hydroxylation is 1. The van der Waals surface area contributed by atoms with Crippen LogP contribution in [0.25, 0.3) is 0 Å². The maximum Gasteiger partial charge on any atom is 0.256 e. The Labute approximate surface area is 113 Å². The Morgan fingerprint density at radius 2 is 2.33 bits per heavy atom. The molecule has 1 saturated heterocycles. The van der Waals surface area contributed by atoms with E-state index in [1.165, 1.54) is 0 Å². The van der Waals surface area contributed by atoms with Crippen molar-refractivity contribution in [3.63, 3.8) is 0 Å². The number of hydrogen-bond acceptors (Lipinski definition) is 3. The number of carbonyl (C=O) groups excluding carboxylic acids is 1. The fraction of sp³-hybridized carbons (Fsp3) is 0.500. The molecule has 1 unspecified atom stereocenters. The van der Waals surface area contributed by atoms with E-state index in [1.807, 2.05) is 41.8 Å². The average molecular weight is 264 g/mol. The van der Waals surface area contributed by atoms with Crippen molar-refractivity contribution < 1.29 is 4.79 Å². The SMILES string of the molecule is CCC1CN(C(=O)c2cc(C)ccc2N)CCS1. The lowest BCUT2D eigenvalue weighted by molar-refractivity contribution is 0.0762. The second kappa shape index (κ2) is 5.65. The van der Waals surface area contributed by atoms with Gasteiger partial charge in [-0.25, -0.2) is 0 Å². The molecule has 0 radical (unpaired) electrons. The predicted octanol–water partition coefficient (Wildman–Crippen LogP) is 2.54. The molecule has 1 fully saturated rings. The quantitative estimate of drug-likeness (QED) is 0.835. The summed E-state index contributed by atoms with van der Waals surface area (Å²) < 4.78 is 0. The van der Waals surface area contributed by atoms with Crippen LogP contribution in [0.15, 0.2) is 18.2 Å². The smallest absolute Gasteiger partial charge is 0.256 e. The van der Waals surface area contributed by atoms with E-state index >= 15 is 0 Å². The lowest BCUT2D eigenvalue weighted by Crippen LogP contribution is -2.42. The molecule has 1 atom stereocenters. The van der Waals surface area contributed by atoms with E-state index < -0.39 is 0 Å². The van der Waals surface area contributed by atoms with Crippen LogP contribution in [0, 0.1) is 6.92 Å². The van der Waals surface area contributed by atoms with Crippen LogP contribution < -0.4 is 5.73 Å². The maximum atomic E-state index is 12.5. The summed E-state index contributed by atoms with van der Waals surface area (Å²) in [6, 6.07) is 5.64. The number of nitrogens with zero attached hydrogens (tertiary/aromatic N) is 1. The second-order valence-corrected chi connectivity index (χ2v) is 6.15. The Balaban J connectivity index is 2.17. The van der Waals surface area contributed by atoms with Gasteiger partial charge in [-0.3, -0.25) is 4.79 Å². The molecule has 2 N–H and O–H groups in total. The molecule has 1 amide bonds. The number of carbonyl (C=O) groups is 1. The minimum atomic E-state index is 0.0787. The van der Waals surface area contributed by atoms with Gasteiger partial charge in [-0.1, -0.05) is 18.6 Å². The summed E-state index contributed by atoms with van der Waals surface area (Å²) in [4.78, 5) is 14.4. The highest BCUT2D eigenvalue weighted by atomic mass is 32.2. The third-order valence-corrected chi connectivity index (χ3v) is 4.69. The van der Waals surface area contributed by atoms with Crippen molar-refractivity contribution in [3.8, 4) is 0 Å². The summed E-state index contributed by atoms with van der Waals surface area (Å²) in [6.45, 7) is 5.82. The molecule has 0 bridgehead atoms. The molecule has 0 spiro atoms. The summed E-state index contributed by atoms with van der Waals surface area (Å²) >= 11 is 1.96. The number of anilines is 1. The molecule has 98 valence electrons. The van der Waals surface area contributed by atoms with E-state index in [4.69, 9.17) is 5.73 Å². The first-order valence-corrected chi connectivity index (χ1v) is 7.43. The van der Waals surface area contributed by atoms with E-state index in [0.29, 0.717) is 16.5 Å². The molecule has 1 aromatic carbocycles. The summed E-state index contributed by atoms with van der Waals surface area (Å²) in [6.07, 6.45) is 1.11. The second-order valence-electron chi connectivity index (χ2n) is 4.74. The fourth-order valence-corrected chi connectivity index (χ4v) is 3.36. The van der Waals surface area contributed by atoms with Crippen molar-refractivity contribution in [2.24, 2.45) is 0 Å². The van der Waals surface area contributed by atoms with E-state index in [0.717, 1.165) is 30.8 Å². The molecular weight excluding hydrogens is 244 g/mol. The number of nitrogen functional groups attached to an aromatic ring is 1. The normalized spacial score (nSPS) is 19.9. The number of amides is 1. The van der Waals surface area contributed by atoms with Gasteiger partial charge in [0.25, 0.3) is 5.91 Å². The molecule has 1 aliphatic rings. The molecule has 0 saturated carbocycles. The number of thioether (sulfide) groups is 1. The molecular formula is C14H20N2OS. The largest absolute Gasteiger partial charge is 0.398 e. The highest BCUT2D eigenvalue weighted by Gasteiger charge is 2.24. The molecule has 0 aliphatic carbocycles. The van der Waals surface area contributed by atoms with Gasteiger partial charge in [-0.15, -0.1) is 0 Å². The van der Waals surface area contributed by atoms with Crippen LogP contribution in [0.4, 0.5) is 5.69 Å². The zero-order chi connectivity index (χ0) is 13.1. The van der Waals surface area contributed by atoms with Gasteiger partial charge in [0, 0.05) is 29.8 Å². The number of hydrogen-bond donors (Lipinski definition) is 1. The lowest BCUT2D eigenvalue weighted by Gasteiger charge is -2.32. The van der Waals surface area contributed by atoms with Gasteiger partial charge in [0.1, 0.15) is 0 Å². The van der Waals surface area contributed by atoms with Gasteiger partial charge in [0.2, 0.25) is 0 Å². The number of nitrogens with two attached hydrogens (primary N) is 1. The van der Waals surface area contributed by atoms with Crippen LogP contribution in [0.3, 0.4) is 0 Å². The third kappa shape index (κ3) is 2.80. The Hall–Kier alpha value is -1.16. The predicted molar refractivity (Wildman–Crippen MR) is 78.0 cm³/mol. The summed E-state index contributed by atoms with van der Waals surface area (Å²) in [5.74, 6) is 1.10. The summed E-state index contributed by atoms with van der Waals surface area (Å²) in [7, 11) is 0. The maximum absolute atomic E-state index is 12.5. The van der Waals surface area contributed by atoms with Crippen molar-refractivity contribution >= 4 is 23.4 Å². The molecule has 4 heteroatoms. The monoisotopic (exact) mass is 264 g/mol. The minimum Gasteiger partial charge on any atom is -0.398 e. The van der Waals surface area contributed by atoms with E-state index in [2.05, 4.69) is 6.92 Å². The van der Waals surface area contributed by atoms with Crippen molar-refractivity contribution in [3.05, 3.63) is 29.3 Å². The lowest BCUT2D eigenvalue weighted by atomic mass is 10.1. The van der Waals surface area contributed by atoms with E-state index in [1.54, 1.807) is 0 Å². The first kappa shape index (κ1) is 13.3. The van der Waals surface area contributed by atoms with Gasteiger partial charge >= 0.3 is 0 Å². The van der Waals surface area contributed by atoms with Crippen molar-refractivity contribution in [1.29, 1.82) is 0 Å². The fourth-order valence-electron chi connectivity index (χ4n) is 2.18. The van der Waals surface area contributed by atoms with Gasteiger partial charge in [0.15, 0.2) is 0 Å². The van der Waals surface area contributed by atoms with Gasteiger partial charge < -0.3 is 10.6 Å². The number of benzene rings is 1. The van der Waals surface area contributed by atoms with Gasteiger partial charge in [-0.05, 0) is 25.5 Å². The molecule has 1 heterocycles. The van der Waals surface area contributed by atoms with Crippen LogP contribution in [0.2, 0.25) is 0 Å². The molecule has 18 heavy (non-hydrogen) atoms. The average Bonchev–Trinajstić information content (AvgIpc) is 2.41. The van der Waals surface area contributed by atoms with Crippen LogP contribution in [-0.2, 0) is 0 Å². The van der Waals surface area contributed by atoms with Crippen molar-refractivity contribution in [2.45, 2.75) is 25.5 Å². The van der Waals surface area contributed by atoms with Crippen molar-refractivity contribution in [1.82, 2.24) is 4.90 Å². The summed E-state index contributed by atoms with van der Waals surface area (Å²) in [5, 5.41) is 0.564. The highest BCUT2D eigenvalue weighted by molar-refractivity contribution is 8.00. The van der Waals surface area contributed by atoms with Crippen LogP contribution in [0.1, 0.15) is 29.3 Å². The topological polar surface area (TPSA) is 46.3 Å².